The van der Waals surface area contributed by atoms with E-state index in [1.54, 1.807) is 0 Å². The molecule has 0 amide bonds. The third-order valence-corrected chi connectivity index (χ3v) is 3.82. The van der Waals surface area contributed by atoms with Gasteiger partial charge in [-0.2, -0.15) is 0 Å². The summed E-state index contributed by atoms with van der Waals surface area (Å²) in [4.78, 5) is 4.07. The second-order valence-corrected chi connectivity index (χ2v) is 4.39. The van der Waals surface area contributed by atoms with Gasteiger partial charge in [-0.1, -0.05) is 13.3 Å². The first kappa shape index (κ1) is 9.66. The molecule has 1 saturated carbocycles. The first-order valence-corrected chi connectivity index (χ1v) is 5.40. The Morgan fingerprint density at radius 1 is 1.50 bits per heavy atom. The monoisotopic (exact) mass is 190 g/mol. The maximum absolute atomic E-state index is 5.97. The average molecular weight is 190 g/mol. The molecule has 0 bridgehead atoms. The summed E-state index contributed by atoms with van der Waals surface area (Å²) in [5.74, 6) is 0.704. The summed E-state index contributed by atoms with van der Waals surface area (Å²) >= 11 is 0. The highest BCUT2D eigenvalue weighted by molar-refractivity contribution is 5.26. The molecule has 1 aliphatic rings. The van der Waals surface area contributed by atoms with Gasteiger partial charge in [0.2, 0.25) is 0 Å². The lowest BCUT2D eigenvalue weighted by Crippen LogP contribution is -2.37. The van der Waals surface area contributed by atoms with Gasteiger partial charge in [-0.3, -0.25) is 4.98 Å². The molecule has 0 aliphatic heterocycles. The Labute approximate surface area is 85.5 Å². The summed E-state index contributed by atoms with van der Waals surface area (Å²) in [6, 6.07) is 4.24. The highest BCUT2D eigenvalue weighted by Gasteiger charge is 2.40. The lowest BCUT2D eigenvalue weighted by Gasteiger charge is -2.32. The van der Waals surface area contributed by atoms with Crippen LogP contribution in [0, 0.1) is 5.92 Å². The minimum Gasteiger partial charge on any atom is -0.330 e. The molecular formula is C12H18N2. The number of hydrogen-bond donors (Lipinski definition) is 1. The van der Waals surface area contributed by atoms with Crippen molar-refractivity contribution in [2.24, 2.45) is 11.7 Å². The number of hydrogen-bond acceptors (Lipinski definition) is 2. The van der Waals surface area contributed by atoms with E-state index in [-0.39, 0.29) is 5.41 Å². The fraction of sp³-hybridized carbons (Fsp3) is 0.583. The van der Waals surface area contributed by atoms with Crippen molar-refractivity contribution in [2.75, 3.05) is 6.54 Å². The third kappa shape index (κ3) is 1.34. The molecule has 2 atom stereocenters. The second kappa shape index (κ2) is 3.70. The molecular weight excluding hydrogens is 172 g/mol. The fourth-order valence-electron chi connectivity index (χ4n) is 2.78. The average Bonchev–Trinajstić information content (AvgIpc) is 2.62. The normalized spacial score (nSPS) is 32.0. The van der Waals surface area contributed by atoms with Gasteiger partial charge >= 0.3 is 0 Å². The lowest BCUT2D eigenvalue weighted by molar-refractivity contribution is 0.346. The summed E-state index contributed by atoms with van der Waals surface area (Å²) in [5.41, 5.74) is 7.57. The van der Waals surface area contributed by atoms with Crippen LogP contribution in [0.2, 0.25) is 0 Å². The van der Waals surface area contributed by atoms with Crippen molar-refractivity contribution in [2.45, 2.75) is 31.6 Å². The van der Waals surface area contributed by atoms with Crippen molar-refractivity contribution in [3.8, 4) is 0 Å². The molecule has 76 valence electrons. The van der Waals surface area contributed by atoms with Crippen molar-refractivity contribution in [1.29, 1.82) is 0 Å². The molecule has 2 nitrogen and oxygen atoms in total. The van der Waals surface area contributed by atoms with Gasteiger partial charge in [0.15, 0.2) is 0 Å². The largest absolute Gasteiger partial charge is 0.330 e. The van der Waals surface area contributed by atoms with Crippen LogP contribution in [0.15, 0.2) is 24.5 Å². The van der Waals surface area contributed by atoms with Crippen LogP contribution in [0.4, 0.5) is 0 Å². The third-order valence-electron chi connectivity index (χ3n) is 3.82. The van der Waals surface area contributed by atoms with Gasteiger partial charge in [0.1, 0.15) is 0 Å². The molecule has 2 rings (SSSR count). The summed E-state index contributed by atoms with van der Waals surface area (Å²) in [6.45, 7) is 3.08. The minimum atomic E-state index is 0.225. The molecule has 0 aromatic carbocycles. The second-order valence-electron chi connectivity index (χ2n) is 4.39. The maximum atomic E-state index is 5.97. The lowest BCUT2D eigenvalue weighted by atomic mass is 9.73. The zero-order chi connectivity index (χ0) is 10.0. The van der Waals surface area contributed by atoms with E-state index in [1.165, 1.54) is 24.8 Å². The van der Waals surface area contributed by atoms with E-state index >= 15 is 0 Å². The Morgan fingerprint density at radius 3 is 2.71 bits per heavy atom. The van der Waals surface area contributed by atoms with Crippen LogP contribution < -0.4 is 5.73 Å². The Morgan fingerprint density at radius 2 is 2.21 bits per heavy atom. The topological polar surface area (TPSA) is 38.9 Å². The van der Waals surface area contributed by atoms with Crippen LogP contribution in [0.3, 0.4) is 0 Å². The smallest absolute Gasteiger partial charge is 0.0270 e. The molecule has 1 heterocycles. The van der Waals surface area contributed by atoms with Gasteiger partial charge < -0.3 is 5.73 Å². The molecule has 0 spiro atoms. The first-order valence-electron chi connectivity index (χ1n) is 5.40. The predicted octanol–water partition coefficient (Wildman–Crippen LogP) is 2.10. The van der Waals surface area contributed by atoms with Gasteiger partial charge in [-0.25, -0.2) is 0 Å². The van der Waals surface area contributed by atoms with Crippen molar-refractivity contribution >= 4 is 0 Å². The molecule has 2 N–H and O–H groups in total. The highest BCUT2D eigenvalue weighted by Crippen LogP contribution is 2.44. The fourth-order valence-corrected chi connectivity index (χ4v) is 2.78. The minimum absolute atomic E-state index is 0.225. The van der Waals surface area contributed by atoms with Gasteiger partial charge in [0, 0.05) is 24.4 Å². The Bertz CT molecular complexity index is 296. The molecule has 14 heavy (non-hydrogen) atoms. The SMILES string of the molecule is CC1CCCC1(CN)c1ccncc1. The summed E-state index contributed by atoms with van der Waals surface area (Å²) < 4.78 is 0. The van der Waals surface area contributed by atoms with Crippen molar-refractivity contribution < 1.29 is 0 Å². The summed E-state index contributed by atoms with van der Waals surface area (Å²) in [5, 5.41) is 0. The summed E-state index contributed by atoms with van der Waals surface area (Å²) in [7, 11) is 0. The maximum Gasteiger partial charge on any atom is 0.0270 e. The molecule has 0 saturated heterocycles. The Hall–Kier alpha value is -0.890. The molecule has 0 radical (unpaired) electrons. The number of rotatable bonds is 2. The Kier molecular flexibility index (Phi) is 2.55. The zero-order valence-corrected chi connectivity index (χ0v) is 8.74. The van der Waals surface area contributed by atoms with Crippen molar-refractivity contribution in [3.63, 3.8) is 0 Å². The van der Waals surface area contributed by atoms with E-state index in [1.807, 2.05) is 12.4 Å². The number of pyridine rings is 1. The van der Waals surface area contributed by atoms with Crippen LogP contribution in [-0.4, -0.2) is 11.5 Å². The van der Waals surface area contributed by atoms with E-state index in [2.05, 4.69) is 24.0 Å². The molecule has 1 aromatic heterocycles. The molecule has 1 fully saturated rings. The highest BCUT2D eigenvalue weighted by atomic mass is 14.7. The molecule has 2 heteroatoms. The van der Waals surface area contributed by atoms with E-state index in [0.717, 1.165) is 6.54 Å². The van der Waals surface area contributed by atoms with Crippen LogP contribution in [0.25, 0.3) is 0 Å². The molecule has 1 aromatic rings. The van der Waals surface area contributed by atoms with Gasteiger partial charge in [-0.15, -0.1) is 0 Å². The van der Waals surface area contributed by atoms with Crippen LogP contribution >= 0.6 is 0 Å². The molecule has 1 aliphatic carbocycles. The van der Waals surface area contributed by atoms with Crippen LogP contribution in [0.5, 0.6) is 0 Å². The van der Waals surface area contributed by atoms with Crippen LogP contribution in [0.1, 0.15) is 31.7 Å². The van der Waals surface area contributed by atoms with Gasteiger partial charge in [-0.05, 0) is 36.5 Å². The number of aromatic nitrogens is 1. The quantitative estimate of drug-likeness (QED) is 0.775. The predicted molar refractivity (Wildman–Crippen MR) is 58.0 cm³/mol. The zero-order valence-electron chi connectivity index (χ0n) is 8.74. The van der Waals surface area contributed by atoms with E-state index < -0.39 is 0 Å². The molecule has 2 unspecified atom stereocenters. The van der Waals surface area contributed by atoms with E-state index in [9.17, 15) is 0 Å². The van der Waals surface area contributed by atoms with E-state index in [4.69, 9.17) is 5.73 Å². The van der Waals surface area contributed by atoms with Crippen molar-refractivity contribution in [3.05, 3.63) is 30.1 Å². The standard InChI is InChI=1S/C12H18N2/c1-10-3-2-6-12(10,9-13)11-4-7-14-8-5-11/h4-5,7-8,10H,2-3,6,9,13H2,1H3. The summed E-state index contributed by atoms with van der Waals surface area (Å²) in [6.07, 6.45) is 7.59. The van der Waals surface area contributed by atoms with Gasteiger partial charge in [0.05, 0.1) is 0 Å². The first-order chi connectivity index (χ1) is 6.79. The van der Waals surface area contributed by atoms with Crippen LogP contribution in [-0.2, 0) is 5.41 Å². The number of nitrogens with zero attached hydrogens (tertiary/aromatic N) is 1. The van der Waals surface area contributed by atoms with Crippen molar-refractivity contribution in [1.82, 2.24) is 4.98 Å². The number of nitrogens with two attached hydrogens (primary N) is 1. The Balaban J connectivity index is 2.38. The van der Waals surface area contributed by atoms with E-state index in [0.29, 0.717) is 5.92 Å². The van der Waals surface area contributed by atoms with Gasteiger partial charge in [0.25, 0.3) is 0 Å².